The summed E-state index contributed by atoms with van der Waals surface area (Å²) in [4.78, 5) is 14.7. The molecule has 3 heterocycles. The lowest BCUT2D eigenvalue weighted by atomic mass is 9.74. The molecule has 2 fully saturated rings. The number of anilines is 1. The van der Waals surface area contributed by atoms with Gasteiger partial charge in [-0.05, 0) is 61.9 Å². The second kappa shape index (κ2) is 5.89. The number of nitrogens with one attached hydrogen (secondary N) is 1. The van der Waals surface area contributed by atoms with Gasteiger partial charge >= 0.3 is 6.03 Å². The predicted octanol–water partition coefficient (Wildman–Crippen LogP) is 3.86. The molecular formula is C19H22N4O. The molecule has 2 unspecified atom stereocenters. The van der Waals surface area contributed by atoms with Crippen molar-refractivity contribution < 1.29 is 4.79 Å². The van der Waals surface area contributed by atoms with E-state index in [0.29, 0.717) is 12.1 Å². The van der Waals surface area contributed by atoms with Crippen LogP contribution >= 0.6 is 0 Å². The summed E-state index contributed by atoms with van der Waals surface area (Å²) in [6.45, 7) is 4.32. The van der Waals surface area contributed by atoms with Gasteiger partial charge < -0.3 is 10.2 Å². The van der Waals surface area contributed by atoms with Crippen LogP contribution in [0.25, 0.3) is 11.3 Å². The summed E-state index contributed by atoms with van der Waals surface area (Å²) in [6.07, 6.45) is 5.08. The molecule has 1 N–H and O–H groups in total. The Bertz CT molecular complexity index is 749. The summed E-state index contributed by atoms with van der Waals surface area (Å²) in [5.74, 6) is 0.737. The SMILES string of the molecule is Cc1ccc(NC(=O)N2C3CC(C)CC2C3)cc1-c1cccnn1. The quantitative estimate of drug-likeness (QED) is 0.913. The van der Waals surface area contributed by atoms with Gasteiger partial charge in [0.15, 0.2) is 0 Å². The number of carbonyl (C=O) groups is 1. The molecule has 0 saturated carbocycles. The Balaban J connectivity index is 1.52. The topological polar surface area (TPSA) is 58.1 Å². The molecule has 0 aliphatic carbocycles. The largest absolute Gasteiger partial charge is 0.322 e. The highest BCUT2D eigenvalue weighted by Gasteiger charge is 2.46. The third-order valence-corrected chi connectivity index (χ3v) is 5.25. The highest BCUT2D eigenvalue weighted by Crippen LogP contribution is 2.41. The normalized spacial score (nSPS) is 25.1. The van der Waals surface area contributed by atoms with Gasteiger partial charge in [0, 0.05) is 29.5 Å². The molecule has 5 nitrogen and oxygen atoms in total. The maximum atomic E-state index is 12.6. The molecule has 2 atom stereocenters. The molecule has 1 aromatic carbocycles. The molecule has 124 valence electrons. The maximum Gasteiger partial charge on any atom is 0.322 e. The van der Waals surface area contributed by atoms with E-state index >= 15 is 0 Å². The Morgan fingerprint density at radius 1 is 1.21 bits per heavy atom. The minimum absolute atomic E-state index is 0.0251. The summed E-state index contributed by atoms with van der Waals surface area (Å²) in [5.41, 5.74) is 3.74. The molecule has 24 heavy (non-hydrogen) atoms. The number of aryl methyl sites for hydroxylation is 1. The Hall–Kier alpha value is -2.43. The molecule has 2 saturated heterocycles. The second-order valence-electron chi connectivity index (χ2n) is 7.10. The first kappa shape index (κ1) is 15.1. The molecule has 5 heteroatoms. The summed E-state index contributed by atoms with van der Waals surface area (Å²) in [6, 6.07) is 10.6. The number of benzene rings is 1. The van der Waals surface area contributed by atoms with Gasteiger partial charge in [0.05, 0.1) is 5.69 Å². The van der Waals surface area contributed by atoms with Crippen molar-refractivity contribution in [1.29, 1.82) is 0 Å². The van der Waals surface area contributed by atoms with E-state index in [2.05, 4.69) is 22.4 Å². The molecule has 2 amide bonds. The third kappa shape index (κ3) is 2.64. The summed E-state index contributed by atoms with van der Waals surface area (Å²) >= 11 is 0. The van der Waals surface area contributed by atoms with Crippen molar-refractivity contribution in [3.05, 3.63) is 42.1 Å². The van der Waals surface area contributed by atoms with E-state index in [1.807, 2.05) is 42.2 Å². The lowest BCUT2D eigenvalue weighted by molar-refractivity contribution is -0.00600. The number of carbonyl (C=O) groups excluding carboxylic acids is 1. The van der Waals surface area contributed by atoms with Gasteiger partial charge in [-0.2, -0.15) is 10.2 Å². The van der Waals surface area contributed by atoms with Crippen LogP contribution < -0.4 is 5.32 Å². The monoisotopic (exact) mass is 322 g/mol. The number of fused-ring (bicyclic) bond motifs is 2. The molecule has 1 aromatic heterocycles. The minimum atomic E-state index is 0.0251. The van der Waals surface area contributed by atoms with Crippen molar-refractivity contribution in [2.75, 3.05) is 5.32 Å². The maximum absolute atomic E-state index is 12.6. The molecule has 0 spiro atoms. The minimum Gasteiger partial charge on any atom is -0.318 e. The highest BCUT2D eigenvalue weighted by molar-refractivity contribution is 5.91. The number of aromatic nitrogens is 2. The summed E-state index contributed by atoms with van der Waals surface area (Å²) < 4.78 is 0. The first-order valence-corrected chi connectivity index (χ1v) is 8.60. The zero-order valence-electron chi connectivity index (χ0n) is 14.1. The molecule has 2 aliphatic heterocycles. The van der Waals surface area contributed by atoms with Crippen LogP contribution in [0.1, 0.15) is 31.7 Å². The zero-order valence-corrected chi connectivity index (χ0v) is 14.1. The zero-order chi connectivity index (χ0) is 16.7. The van der Waals surface area contributed by atoms with Crippen molar-refractivity contribution in [3.63, 3.8) is 0 Å². The number of hydrogen-bond donors (Lipinski definition) is 1. The number of urea groups is 1. The van der Waals surface area contributed by atoms with Crippen LogP contribution in [-0.2, 0) is 0 Å². The summed E-state index contributed by atoms with van der Waals surface area (Å²) in [7, 11) is 0. The number of amides is 2. The van der Waals surface area contributed by atoms with Crippen molar-refractivity contribution in [2.24, 2.45) is 5.92 Å². The lowest BCUT2D eigenvalue weighted by Gasteiger charge is -2.54. The molecule has 2 aromatic rings. The van der Waals surface area contributed by atoms with Crippen LogP contribution in [0.4, 0.5) is 10.5 Å². The fourth-order valence-corrected chi connectivity index (χ4v) is 4.09. The van der Waals surface area contributed by atoms with E-state index in [1.165, 1.54) is 0 Å². The Kier molecular flexibility index (Phi) is 3.71. The summed E-state index contributed by atoms with van der Waals surface area (Å²) in [5, 5.41) is 11.2. The first-order valence-electron chi connectivity index (χ1n) is 8.60. The van der Waals surface area contributed by atoms with Gasteiger partial charge in [0.2, 0.25) is 0 Å². The molecular weight excluding hydrogens is 300 g/mol. The van der Waals surface area contributed by atoms with Crippen LogP contribution in [0.2, 0.25) is 0 Å². The van der Waals surface area contributed by atoms with E-state index in [4.69, 9.17) is 0 Å². The average molecular weight is 322 g/mol. The first-order chi connectivity index (χ1) is 11.6. The smallest absolute Gasteiger partial charge is 0.318 e. The molecule has 0 radical (unpaired) electrons. The fourth-order valence-electron chi connectivity index (χ4n) is 4.09. The van der Waals surface area contributed by atoms with Gasteiger partial charge in [-0.1, -0.05) is 13.0 Å². The van der Waals surface area contributed by atoms with Crippen molar-refractivity contribution in [3.8, 4) is 11.3 Å². The Morgan fingerprint density at radius 3 is 2.71 bits per heavy atom. The molecule has 2 aliphatic rings. The van der Waals surface area contributed by atoms with Crippen molar-refractivity contribution >= 4 is 11.7 Å². The second-order valence-corrected chi connectivity index (χ2v) is 7.10. The predicted molar refractivity (Wildman–Crippen MR) is 93.7 cm³/mol. The average Bonchev–Trinajstić information content (AvgIpc) is 2.57. The highest BCUT2D eigenvalue weighted by atomic mass is 16.2. The van der Waals surface area contributed by atoms with Crippen LogP contribution in [0.3, 0.4) is 0 Å². The number of rotatable bonds is 2. The van der Waals surface area contributed by atoms with Gasteiger partial charge in [-0.15, -0.1) is 0 Å². The van der Waals surface area contributed by atoms with Gasteiger partial charge in [0.1, 0.15) is 0 Å². The van der Waals surface area contributed by atoms with E-state index in [1.54, 1.807) is 6.20 Å². The van der Waals surface area contributed by atoms with E-state index in [0.717, 1.165) is 47.7 Å². The van der Waals surface area contributed by atoms with Crippen molar-refractivity contribution in [1.82, 2.24) is 15.1 Å². The standard InChI is InChI=1S/C19H22N4O/c1-12-8-15-11-16(9-12)23(15)19(24)21-14-6-5-13(2)17(10-14)18-4-3-7-20-22-18/h3-7,10,12,15-16H,8-9,11H2,1-2H3,(H,21,24). The van der Waals surface area contributed by atoms with Crippen LogP contribution in [0, 0.1) is 12.8 Å². The Labute approximate surface area is 142 Å². The fraction of sp³-hybridized carbons (Fsp3) is 0.421. The van der Waals surface area contributed by atoms with Gasteiger partial charge in [-0.3, -0.25) is 0 Å². The van der Waals surface area contributed by atoms with E-state index in [9.17, 15) is 4.79 Å². The number of hydrogen-bond acceptors (Lipinski definition) is 3. The molecule has 2 bridgehead atoms. The van der Waals surface area contributed by atoms with Crippen molar-refractivity contribution in [2.45, 2.75) is 45.2 Å². The number of nitrogens with zero attached hydrogens (tertiary/aromatic N) is 3. The van der Waals surface area contributed by atoms with Gasteiger partial charge in [-0.25, -0.2) is 4.79 Å². The Morgan fingerprint density at radius 2 is 2.00 bits per heavy atom. The van der Waals surface area contributed by atoms with Gasteiger partial charge in [0.25, 0.3) is 0 Å². The van der Waals surface area contributed by atoms with E-state index < -0.39 is 0 Å². The van der Waals surface area contributed by atoms with Crippen LogP contribution in [-0.4, -0.2) is 33.2 Å². The van der Waals surface area contributed by atoms with Crippen LogP contribution in [0.5, 0.6) is 0 Å². The third-order valence-electron chi connectivity index (χ3n) is 5.25. The molecule has 4 rings (SSSR count). The lowest BCUT2D eigenvalue weighted by Crippen LogP contribution is -2.63. The van der Waals surface area contributed by atoms with Crippen LogP contribution in [0.15, 0.2) is 36.5 Å². The van der Waals surface area contributed by atoms with E-state index in [-0.39, 0.29) is 6.03 Å². The number of piperidine rings is 1.